The van der Waals surface area contributed by atoms with E-state index in [1.807, 2.05) is 0 Å². The number of aryl methyl sites for hydroxylation is 1. The van der Waals surface area contributed by atoms with Crippen molar-refractivity contribution in [2.24, 2.45) is 5.84 Å². The first kappa shape index (κ1) is 14.0. The Bertz CT molecular complexity index is 440. The van der Waals surface area contributed by atoms with Gasteiger partial charge in [0.25, 0.3) is 0 Å². The number of nitrogens with one attached hydrogen (secondary N) is 2. The van der Waals surface area contributed by atoms with Crippen LogP contribution in [0.5, 0.6) is 0 Å². The molecule has 0 aromatic carbocycles. The number of hydrogen-bond acceptors (Lipinski definition) is 9. The van der Waals surface area contributed by atoms with Gasteiger partial charge in [-0.15, -0.1) is 0 Å². The molecule has 18 heavy (non-hydrogen) atoms. The molecule has 0 fully saturated rings. The summed E-state index contributed by atoms with van der Waals surface area (Å²) < 4.78 is 0. The minimum absolute atomic E-state index is 0.0130. The molecule has 10 heteroatoms. The summed E-state index contributed by atoms with van der Waals surface area (Å²) in [7, 11) is 0. The van der Waals surface area contributed by atoms with Crippen molar-refractivity contribution in [3.8, 4) is 0 Å². The average molecular weight is 258 g/mol. The molecule has 0 aliphatic rings. The van der Waals surface area contributed by atoms with Crippen molar-refractivity contribution in [1.82, 2.24) is 9.97 Å². The summed E-state index contributed by atoms with van der Waals surface area (Å²) in [5.41, 5.74) is 2.00. The van der Waals surface area contributed by atoms with Crippen LogP contribution in [-0.2, 0) is 0 Å². The van der Waals surface area contributed by atoms with Gasteiger partial charge >= 0.3 is 5.69 Å². The molecule has 0 amide bonds. The van der Waals surface area contributed by atoms with Crippen molar-refractivity contribution in [1.29, 1.82) is 0 Å². The molecule has 1 aromatic heterocycles. The highest BCUT2D eigenvalue weighted by molar-refractivity contribution is 5.60. The van der Waals surface area contributed by atoms with Crippen molar-refractivity contribution in [3.05, 3.63) is 15.8 Å². The maximum absolute atomic E-state index is 10.9. The Kier molecular flexibility index (Phi) is 4.71. The van der Waals surface area contributed by atoms with E-state index in [4.69, 9.17) is 10.9 Å². The summed E-state index contributed by atoms with van der Waals surface area (Å²) in [6.07, 6.45) is -1.05. The third kappa shape index (κ3) is 3.23. The maximum Gasteiger partial charge on any atom is 0.332 e. The molecule has 6 N–H and O–H groups in total. The first-order valence-electron chi connectivity index (χ1n) is 5.02. The molecule has 0 aliphatic heterocycles. The summed E-state index contributed by atoms with van der Waals surface area (Å²) in [5.74, 6) is 5.07. The number of nitro groups is 1. The first-order valence-corrected chi connectivity index (χ1v) is 5.02. The maximum atomic E-state index is 10.9. The lowest BCUT2D eigenvalue weighted by Crippen LogP contribution is -2.24. The van der Waals surface area contributed by atoms with Crippen LogP contribution in [0.3, 0.4) is 0 Å². The topological polar surface area (TPSA) is 159 Å². The molecule has 0 aliphatic carbocycles. The summed E-state index contributed by atoms with van der Waals surface area (Å²) in [6, 6.07) is 0. The average Bonchev–Trinajstić information content (AvgIpc) is 2.34. The fourth-order valence-electron chi connectivity index (χ4n) is 1.25. The van der Waals surface area contributed by atoms with Crippen molar-refractivity contribution in [2.75, 3.05) is 23.9 Å². The lowest BCUT2D eigenvalue weighted by molar-refractivity contribution is -0.385. The quantitative estimate of drug-likeness (QED) is 0.238. The first-order chi connectivity index (χ1) is 8.49. The predicted molar refractivity (Wildman–Crippen MR) is 62.8 cm³/mol. The standard InChI is InChI=1S/C8H14N6O4/c1-4-6(14(17)18)7(10-2-5(16)3-15)12-8(11-4)13-9/h5,15-16H,2-3,9H2,1H3,(H2,10,11,12,13). The van der Waals surface area contributed by atoms with Crippen LogP contribution in [0.4, 0.5) is 17.5 Å². The summed E-state index contributed by atoms with van der Waals surface area (Å²) in [5, 5.41) is 31.3. The van der Waals surface area contributed by atoms with Crippen molar-refractivity contribution < 1.29 is 15.1 Å². The van der Waals surface area contributed by atoms with Gasteiger partial charge in [0.05, 0.1) is 17.6 Å². The number of hydrazine groups is 1. The number of nitrogen functional groups attached to an aromatic ring is 1. The number of aromatic nitrogens is 2. The normalized spacial score (nSPS) is 12.0. The van der Waals surface area contributed by atoms with Gasteiger partial charge in [-0.3, -0.25) is 15.5 Å². The van der Waals surface area contributed by atoms with Crippen LogP contribution in [0.15, 0.2) is 0 Å². The molecule has 0 spiro atoms. The van der Waals surface area contributed by atoms with E-state index in [0.717, 1.165) is 0 Å². The Hall–Kier alpha value is -2.04. The van der Waals surface area contributed by atoms with Gasteiger partial charge in [-0.05, 0) is 6.92 Å². The van der Waals surface area contributed by atoms with Gasteiger partial charge in [0, 0.05) is 6.54 Å². The highest BCUT2D eigenvalue weighted by Crippen LogP contribution is 2.26. The SMILES string of the molecule is Cc1nc(NN)nc(NCC(O)CO)c1[N+](=O)[O-]. The zero-order valence-corrected chi connectivity index (χ0v) is 9.62. The Labute approximate surface area is 102 Å². The third-order valence-corrected chi connectivity index (χ3v) is 2.09. The fourth-order valence-corrected chi connectivity index (χ4v) is 1.25. The van der Waals surface area contributed by atoms with Crippen LogP contribution in [0.1, 0.15) is 5.69 Å². The molecule has 1 heterocycles. The molecular weight excluding hydrogens is 244 g/mol. The van der Waals surface area contributed by atoms with E-state index < -0.39 is 17.6 Å². The number of nitrogens with two attached hydrogens (primary N) is 1. The molecule has 0 saturated carbocycles. The Morgan fingerprint density at radius 2 is 2.22 bits per heavy atom. The molecule has 1 unspecified atom stereocenters. The Morgan fingerprint density at radius 1 is 1.56 bits per heavy atom. The van der Waals surface area contributed by atoms with Crippen molar-refractivity contribution in [3.63, 3.8) is 0 Å². The molecular formula is C8H14N6O4. The van der Waals surface area contributed by atoms with Crippen LogP contribution in [0.2, 0.25) is 0 Å². The van der Waals surface area contributed by atoms with E-state index in [2.05, 4.69) is 20.7 Å². The molecule has 100 valence electrons. The molecule has 0 bridgehead atoms. The molecule has 10 nitrogen and oxygen atoms in total. The Morgan fingerprint density at radius 3 is 2.72 bits per heavy atom. The van der Waals surface area contributed by atoms with E-state index in [1.54, 1.807) is 0 Å². The lowest BCUT2D eigenvalue weighted by atomic mass is 10.3. The smallest absolute Gasteiger partial charge is 0.332 e. The van der Waals surface area contributed by atoms with E-state index in [-0.39, 0.29) is 29.7 Å². The predicted octanol–water partition coefficient (Wildman–Crippen LogP) is -1.26. The molecule has 1 atom stereocenters. The van der Waals surface area contributed by atoms with E-state index in [1.165, 1.54) is 6.92 Å². The zero-order chi connectivity index (χ0) is 13.7. The number of hydrogen-bond donors (Lipinski definition) is 5. The minimum atomic E-state index is -1.05. The molecule has 0 radical (unpaired) electrons. The van der Waals surface area contributed by atoms with Gasteiger partial charge in [0.15, 0.2) is 0 Å². The van der Waals surface area contributed by atoms with Gasteiger partial charge in [-0.25, -0.2) is 10.8 Å². The van der Waals surface area contributed by atoms with E-state index >= 15 is 0 Å². The number of nitrogens with zero attached hydrogens (tertiary/aromatic N) is 3. The molecule has 1 aromatic rings. The number of anilines is 2. The lowest BCUT2D eigenvalue weighted by Gasteiger charge is -2.11. The summed E-state index contributed by atoms with van der Waals surface area (Å²) in [4.78, 5) is 17.8. The summed E-state index contributed by atoms with van der Waals surface area (Å²) >= 11 is 0. The second kappa shape index (κ2) is 6.05. The number of aliphatic hydroxyl groups excluding tert-OH is 2. The highest BCUT2D eigenvalue weighted by atomic mass is 16.6. The molecule has 0 saturated heterocycles. The van der Waals surface area contributed by atoms with Gasteiger partial charge in [-0.1, -0.05) is 0 Å². The fraction of sp³-hybridized carbons (Fsp3) is 0.500. The Balaban J connectivity index is 3.05. The summed E-state index contributed by atoms with van der Waals surface area (Å²) in [6.45, 7) is 0.888. The number of rotatable bonds is 6. The van der Waals surface area contributed by atoms with Crippen LogP contribution in [0, 0.1) is 17.0 Å². The molecule has 1 rings (SSSR count). The zero-order valence-electron chi connectivity index (χ0n) is 9.62. The van der Waals surface area contributed by atoms with Gasteiger partial charge < -0.3 is 15.5 Å². The van der Waals surface area contributed by atoms with Crippen LogP contribution < -0.4 is 16.6 Å². The van der Waals surface area contributed by atoms with E-state index in [0.29, 0.717) is 0 Å². The van der Waals surface area contributed by atoms with Gasteiger partial charge in [0.1, 0.15) is 5.69 Å². The monoisotopic (exact) mass is 258 g/mol. The number of aliphatic hydroxyl groups is 2. The van der Waals surface area contributed by atoms with Crippen molar-refractivity contribution in [2.45, 2.75) is 13.0 Å². The minimum Gasteiger partial charge on any atom is -0.394 e. The largest absolute Gasteiger partial charge is 0.394 e. The second-order valence-electron chi connectivity index (χ2n) is 3.45. The highest BCUT2D eigenvalue weighted by Gasteiger charge is 2.22. The van der Waals surface area contributed by atoms with Gasteiger partial charge in [0.2, 0.25) is 11.8 Å². The van der Waals surface area contributed by atoms with E-state index in [9.17, 15) is 15.2 Å². The van der Waals surface area contributed by atoms with Gasteiger partial charge in [-0.2, -0.15) is 4.98 Å². The van der Waals surface area contributed by atoms with Crippen LogP contribution >= 0.6 is 0 Å². The van der Waals surface area contributed by atoms with Crippen molar-refractivity contribution >= 4 is 17.5 Å². The third-order valence-electron chi connectivity index (χ3n) is 2.09. The van der Waals surface area contributed by atoms with Crippen LogP contribution in [0.25, 0.3) is 0 Å². The second-order valence-corrected chi connectivity index (χ2v) is 3.45. The van der Waals surface area contributed by atoms with Crippen LogP contribution in [-0.4, -0.2) is 44.4 Å².